The number of hydrogen-bond acceptors (Lipinski definition) is 2. The Bertz CT molecular complexity index is 168. The molecular formula is C8H15N2O2. The van der Waals surface area contributed by atoms with Crippen LogP contribution in [0.3, 0.4) is 0 Å². The number of amides is 2. The number of hydrogen-bond donors (Lipinski definition) is 1. The smallest absolute Gasteiger partial charge is 0.242 e. The third-order valence-corrected chi connectivity index (χ3v) is 1.53. The second-order valence-corrected chi connectivity index (χ2v) is 2.82. The van der Waals surface area contributed by atoms with Crippen LogP contribution in [-0.2, 0) is 9.59 Å². The van der Waals surface area contributed by atoms with Gasteiger partial charge in [-0.05, 0) is 6.42 Å². The number of nitrogens with one attached hydrogen (secondary N) is 2. The Morgan fingerprint density at radius 1 is 1.50 bits per heavy atom. The first-order chi connectivity index (χ1) is 5.57. The first-order valence-electron chi connectivity index (χ1n) is 4.10. The zero-order valence-corrected chi connectivity index (χ0v) is 7.52. The van der Waals surface area contributed by atoms with Gasteiger partial charge >= 0.3 is 0 Å². The normalized spacial score (nSPS) is 12.2. The average Bonchev–Trinajstić information content (AvgIpc) is 2.00. The van der Waals surface area contributed by atoms with E-state index in [0.29, 0.717) is 6.42 Å². The number of carbonyl (C=O) groups is 2. The Labute approximate surface area is 72.5 Å². The summed E-state index contributed by atoms with van der Waals surface area (Å²) in [6.45, 7) is 3.82. The van der Waals surface area contributed by atoms with Crippen LogP contribution in [0.15, 0.2) is 0 Å². The van der Waals surface area contributed by atoms with Gasteiger partial charge in [0.15, 0.2) is 0 Å². The summed E-state index contributed by atoms with van der Waals surface area (Å²) in [5.41, 5.74) is 6.74. The summed E-state index contributed by atoms with van der Waals surface area (Å²) in [7, 11) is 0. The third kappa shape index (κ3) is 4.71. The summed E-state index contributed by atoms with van der Waals surface area (Å²) < 4.78 is 0. The highest BCUT2D eigenvalue weighted by molar-refractivity contribution is 5.78. The van der Waals surface area contributed by atoms with Gasteiger partial charge in [0, 0.05) is 13.0 Å². The number of rotatable bonds is 5. The van der Waals surface area contributed by atoms with Gasteiger partial charge in [0.1, 0.15) is 0 Å². The molecular weight excluding hydrogens is 156 g/mol. The molecule has 1 unspecified atom stereocenters. The molecule has 0 aromatic heterocycles. The zero-order chi connectivity index (χ0) is 9.56. The van der Waals surface area contributed by atoms with Gasteiger partial charge in [-0.3, -0.25) is 15.3 Å². The molecule has 1 atom stereocenters. The van der Waals surface area contributed by atoms with Crippen molar-refractivity contribution < 1.29 is 9.59 Å². The van der Waals surface area contributed by atoms with Crippen LogP contribution in [0.5, 0.6) is 0 Å². The monoisotopic (exact) mass is 171 g/mol. The van der Waals surface area contributed by atoms with E-state index >= 15 is 0 Å². The first kappa shape index (κ1) is 10.9. The predicted molar refractivity (Wildman–Crippen MR) is 45.2 cm³/mol. The first-order valence-corrected chi connectivity index (χ1v) is 4.10. The van der Waals surface area contributed by atoms with Gasteiger partial charge in [-0.2, -0.15) is 0 Å². The molecule has 0 fully saturated rings. The van der Waals surface area contributed by atoms with Crippen LogP contribution < -0.4 is 11.1 Å². The second kappa shape index (κ2) is 5.57. The summed E-state index contributed by atoms with van der Waals surface area (Å²) in [5, 5.41) is 2.58. The molecule has 0 aliphatic heterocycles. The quantitative estimate of drug-likeness (QED) is 0.648. The fourth-order valence-corrected chi connectivity index (χ4v) is 0.675. The molecule has 12 heavy (non-hydrogen) atoms. The van der Waals surface area contributed by atoms with Crippen molar-refractivity contribution in [1.29, 1.82) is 0 Å². The molecule has 4 heteroatoms. The van der Waals surface area contributed by atoms with Crippen molar-refractivity contribution in [3.8, 4) is 0 Å². The molecule has 0 saturated carbocycles. The van der Waals surface area contributed by atoms with E-state index in [9.17, 15) is 9.59 Å². The van der Waals surface area contributed by atoms with E-state index in [0.717, 1.165) is 6.42 Å². The molecule has 69 valence electrons. The van der Waals surface area contributed by atoms with Crippen LogP contribution in [-0.4, -0.2) is 18.4 Å². The Morgan fingerprint density at radius 3 is 2.50 bits per heavy atom. The van der Waals surface area contributed by atoms with E-state index in [2.05, 4.69) is 5.32 Å². The van der Waals surface area contributed by atoms with Crippen LogP contribution in [0.1, 0.15) is 26.7 Å². The van der Waals surface area contributed by atoms with Crippen LogP contribution in [0.4, 0.5) is 0 Å². The second-order valence-electron chi connectivity index (χ2n) is 2.82. The van der Waals surface area contributed by atoms with Crippen LogP contribution in [0, 0.1) is 5.92 Å². The van der Waals surface area contributed by atoms with Crippen molar-refractivity contribution in [3.63, 3.8) is 0 Å². The molecule has 0 aliphatic carbocycles. The summed E-state index contributed by atoms with van der Waals surface area (Å²) in [4.78, 5) is 21.3. The van der Waals surface area contributed by atoms with Crippen molar-refractivity contribution in [1.82, 2.24) is 11.1 Å². The van der Waals surface area contributed by atoms with Gasteiger partial charge in [0.05, 0.1) is 5.92 Å². The molecule has 1 radical (unpaired) electrons. The van der Waals surface area contributed by atoms with Gasteiger partial charge in [-0.1, -0.05) is 13.8 Å². The summed E-state index contributed by atoms with van der Waals surface area (Å²) >= 11 is 0. The molecule has 0 aromatic rings. The van der Waals surface area contributed by atoms with Crippen molar-refractivity contribution >= 4 is 11.8 Å². The maximum absolute atomic E-state index is 10.9. The molecule has 0 rings (SSSR count). The van der Waals surface area contributed by atoms with Gasteiger partial charge in [0.2, 0.25) is 11.8 Å². The van der Waals surface area contributed by atoms with E-state index in [1.165, 1.54) is 0 Å². The Morgan fingerprint density at radius 2 is 2.08 bits per heavy atom. The lowest BCUT2D eigenvalue weighted by Gasteiger charge is -2.07. The lowest BCUT2D eigenvalue weighted by molar-refractivity contribution is -0.123. The zero-order valence-electron chi connectivity index (χ0n) is 7.52. The average molecular weight is 171 g/mol. The molecule has 0 aliphatic rings. The van der Waals surface area contributed by atoms with Crippen molar-refractivity contribution in [2.45, 2.75) is 26.7 Å². The molecule has 2 amide bonds. The minimum atomic E-state index is -0.633. The largest absolute Gasteiger partial charge is 0.355 e. The lowest BCUT2D eigenvalue weighted by atomic mass is 10.1. The standard InChI is InChI=1S/C8H15N2O2/c1-3-4-7(11)10-5-6(2)8(9)12/h6,9H,3-5H2,1-2H3,(H,10,11). The van der Waals surface area contributed by atoms with Crippen molar-refractivity contribution in [2.24, 2.45) is 5.92 Å². The minimum Gasteiger partial charge on any atom is -0.355 e. The molecule has 0 aromatic carbocycles. The molecule has 0 saturated heterocycles. The minimum absolute atomic E-state index is 0.0504. The van der Waals surface area contributed by atoms with Gasteiger partial charge in [-0.25, -0.2) is 0 Å². The molecule has 4 nitrogen and oxygen atoms in total. The Hall–Kier alpha value is -1.06. The fourth-order valence-electron chi connectivity index (χ4n) is 0.675. The van der Waals surface area contributed by atoms with Gasteiger partial charge in [-0.15, -0.1) is 0 Å². The maximum Gasteiger partial charge on any atom is 0.242 e. The van der Waals surface area contributed by atoms with Gasteiger partial charge in [0.25, 0.3) is 0 Å². The van der Waals surface area contributed by atoms with Crippen molar-refractivity contribution in [2.75, 3.05) is 6.54 Å². The highest BCUT2D eigenvalue weighted by Crippen LogP contribution is 1.92. The van der Waals surface area contributed by atoms with Gasteiger partial charge < -0.3 is 5.32 Å². The van der Waals surface area contributed by atoms with Crippen LogP contribution in [0.2, 0.25) is 0 Å². The van der Waals surface area contributed by atoms with E-state index < -0.39 is 11.8 Å². The maximum atomic E-state index is 10.9. The molecule has 0 spiro atoms. The molecule has 2 N–H and O–H groups in total. The molecule has 0 bridgehead atoms. The summed E-state index contributed by atoms with van der Waals surface area (Å²) in [6.07, 6.45) is 1.29. The van der Waals surface area contributed by atoms with E-state index in [4.69, 9.17) is 5.73 Å². The number of carbonyl (C=O) groups excluding carboxylic acids is 2. The predicted octanol–water partition coefficient (Wildman–Crippen LogP) is 0.348. The highest BCUT2D eigenvalue weighted by atomic mass is 16.2. The third-order valence-electron chi connectivity index (χ3n) is 1.53. The van der Waals surface area contributed by atoms with E-state index in [1.807, 2.05) is 6.92 Å². The Balaban J connectivity index is 3.54. The SMILES string of the molecule is CCCC(=O)NCC(C)C([NH])=O. The topological polar surface area (TPSA) is 70.0 Å². The summed E-state index contributed by atoms with van der Waals surface area (Å²) in [6, 6.07) is 0. The van der Waals surface area contributed by atoms with Crippen molar-refractivity contribution in [3.05, 3.63) is 0 Å². The van der Waals surface area contributed by atoms with E-state index in [1.54, 1.807) is 6.92 Å². The Kier molecular flexibility index (Phi) is 5.08. The fraction of sp³-hybridized carbons (Fsp3) is 0.750. The van der Waals surface area contributed by atoms with E-state index in [-0.39, 0.29) is 12.5 Å². The highest BCUT2D eigenvalue weighted by Gasteiger charge is 2.09. The lowest BCUT2D eigenvalue weighted by Crippen LogP contribution is -2.31. The summed E-state index contributed by atoms with van der Waals surface area (Å²) in [5.74, 6) is -1.08. The van der Waals surface area contributed by atoms with Crippen LogP contribution >= 0.6 is 0 Å². The van der Waals surface area contributed by atoms with Crippen LogP contribution in [0.25, 0.3) is 0 Å². The molecule has 0 heterocycles.